The fraction of sp³-hybridized carbons (Fsp3) is 0.154. The number of hydrogen-bond acceptors (Lipinski definition) is 3. The van der Waals surface area contributed by atoms with E-state index in [1.807, 2.05) is 42.5 Å². The van der Waals surface area contributed by atoms with Gasteiger partial charge < -0.3 is 9.47 Å². The molecule has 2 aromatic rings. The molecular weight excluding hydrogens is 204 g/mol. The standard InChI is InChI=1S/C13H12O3/c1-15-13(14)16-9-11-7-4-6-10-5-2-3-8-12(10)11/h2-8H,9H2,1H3. The van der Waals surface area contributed by atoms with Gasteiger partial charge in [-0.25, -0.2) is 4.79 Å². The van der Waals surface area contributed by atoms with Crippen LogP contribution in [-0.4, -0.2) is 13.3 Å². The zero-order valence-electron chi connectivity index (χ0n) is 8.97. The Hall–Kier alpha value is -2.03. The Labute approximate surface area is 93.6 Å². The van der Waals surface area contributed by atoms with Crippen molar-refractivity contribution >= 4 is 16.9 Å². The lowest BCUT2D eigenvalue weighted by molar-refractivity contribution is 0.0672. The average molecular weight is 216 g/mol. The SMILES string of the molecule is COC(=O)OCc1cccc2ccccc12. The summed E-state index contributed by atoms with van der Waals surface area (Å²) in [5.41, 5.74) is 0.975. The van der Waals surface area contributed by atoms with Gasteiger partial charge in [0, 0.05) is 0 Å². The van der Waals surface area contributed by atoms with Gasteiger partial charge in [0.05, 0.1) is 7.11 Å². The van der Waals surface area contributed by atoms with Gasteiger partial charge in [0.1, 0.15) is 6.61 Å². The third kappa shape index (κ3) is 2.14. The van der Waals surface area contributed by atoms with Crippen LogP contribution >= 0.6 is 0 Å². The van der Waals surface area contributed by atoms with Crippen LogP contribution in [0.15, 0.2) is 42.5 Å². The fourth-order valence-corrected chi connectivity index (χ4v) is 1.61. The van der Waals surface area contributed by atoms with Gasteiger partial charge in [-0.05, 0) is 16.3 Å². The van der Waals surface area contributed by atoms with Crippen molar-refractivity contribution in [3.8, 4) is 0 Å². The minimum Gasteiger partial charge on any atom is -0.438 e. The molecule has 82 valence electrons. The molecule has 0 fully saturated rings. The second kappa shape index (κ2) is 4.66. The quantitative estimate of drug-likeness (QED) is 0.723. The van der Waals surface area contributed by atoms with E-state index >= 15 is 0 Å². The first-order valence-corrected chi connectivity index (χ1v) is 4.98. The second-order valence-electron chi connectivity index (χ2n) is 3.38. The van der Waals surface area contributed by atoms with Crippen LogP contribution in [0.5, 0.6) is 0 Å². The maximum Gasteiger partial charge on any atom is 0.508 e. The van der Waals surface area contributed by atoms with Crippen LogP contribution in [0.3, 0.4) is 0 Å². The fourth-order valence-electron chi connectivity index (χ4n) is 1.61. The third-order valence-electron chi connectivity index (χ3n) is 2.39. The molecule has 2 rings (SSSR count). The highest BCUT2D eigenvalue weighted by Crippen LogP contribution is 2.19. The van der Waals surface area contributed by atoms with Crippen LogP contribution in [0.1, 0.15) is 5.56 Å². The molecule has 0 aliphatic carbocycles. The molecule has 0 bridgehead atoms. The molecule has 3 heteroatoms. The smallest absolute Gasteiger partial charge is 0.438 e. The zero-order valence-corrected chi connectivity index (χ0v) is 8.97. The number of methoxy groups -OCH3 is 1. The monoisotopic (exact) mass is 216 g/mol. The lowest BCUT2D eigenvalue weighted by Crippen LogP contribution is -2.04. The number of carbonyl (C=O) groups is 1. The van der Waals surface area contributed by atoms with Gasteiger partial charge >= 0.3 is 6.16 Å². The molecule has 0 unspecified atom stereocenters. The van der Waals surface area contributed by atoms with E-state index in [4.69, 9.17) is 4.74 Å². The van der Waals surface area contributed by atoms with Crippen molar-refractivity contribution in [1.29, 1.82) is 0 Å². The summed E-state index contributed by atoms with van der Waals surface area (Å²) in [5.74, 6) is 0. The first-order chi connectivity index (χ1) is 7.81. The molecule has 0 spiro atoms. The molecule has 0 saturated heterocycles. The van der Waals surface area contributed by atoms with Gasteiger partial charge in [0.2, 0.25) is 0 Å². The van der Waals surface area contributed by atoms with Crippen LogP contribution < -0.4 is 0 Å². The number of carbonyl (C=O) groups excluding carboxylic acids is 1. The molecular formula is C13H12O3. The minimum absolute atomic E-state index is 0.230. The summed E-state index contributed by atoms with van der Waals surface area (Å²) < 4.78 is 9.35. The molecule has 0 amide bonds. The van der Waals surface area contributed by atoms with Crippen LogP contribution in [0, 0.1) is 0 Å². The minimum atomic E-state index is -0.659. The predicted octanol–water partition coefficient (Wildman–Crippen LogP) is 3.12. The van der Waals surface area contributed by atoms with Crippen LogP contribution in [-0.2, 0) is 16.1 Å². The summed E-state index contributed by atoms with van der Waals surface area (Å²) in [6.45, 7) is 0.230. The van der Waals surface area contributed by atoms with Gasteiger partial charge in [-0.3, -0.25) is 0 Å². The molecule has 3 nitrogen and oxygen atoms in total. The van der Waals surface area contributed by atoms with Crippen molar-refractivity contribution in [2.24, 2.45) is 0 Å². The summed E-state index contributed by atoms with van der Waals surface area (Å²) in [4.78, 5) is 10.9. The molecule has 0 N–H and O–H groups in total. The van der Waals surface area contributed by atoms with Crippen LogP contribution in [0.4, 0.5) is 4.79 Å². The first-order valence-electron chi connectivity index (χ1n) is 4.98. The Morgan fingerprint density at radius 2 is 1.88 bits per heavy atom. The summed E-state index contributed by atoms with van der Waals surface area (Å²) >= 11 is 0. The molecule has 0 atom stereocenters. The molecule has 2 aromatic carbocycles. The number of benzene rings is 2. The van der Waals surface area contributed by atoms with Gasteiger partial charge in [-0.2, -0.15) is 0 Å². The van der Waals surface area contributed by atoms with Crippen molar-refractivity contribution in [1.82, 2.24) is 0 Å². The molecule has 0 aliphatic heterocycles. The van der Waals surface area contributed by atoms with Crippen LogP contribution in [0.25, 0.3) is 10.8 Å². The second-order valence-corrected chi connectivity index (χ2v) is 3.38. The van der Waals surface area contributed by atoms with E-state index in [1.165, 1.54) is 7.11 Å². The Bertz CT molecular complexity index is 500. The molecule has 0 aromatic heterocycles. The van der Waals surface area contributed by atoms with E-state index in [1.54, 1.807) is 0 Å². The van der Waals surface area contributed by atoms with E-state index in [0.717, 1.165) is 16.3 Å². The maximum atomic E-state index is 10.9. The predicted molar refractivity (Wildman–Crippen MR) is 61.1 cm³/mol. The first kappa shape index (κ1) is 10.5. The largest absolute Gasteiger partial charge is 0.508 e. The summed E-state index contributed by atoms with van der Waals surface area (Å²) in [6, 6.07) is 13.9. The topological polar surface area (TPSA) is 35.5 Å². The molecule has 16 heavy (non-hydrogen) atoms. The van der Waals surface area contributed by atoms with E-state index < -0.39 is 6.16 Å². The summed E-state index contributed by atoms with van der Waals surface area (Å²) in [5, 5.41) is 2.22. The van der Waals surface area contributed by atoms with E-state index in [2.05, 4.69) is 4.74 Å². The average Bonchev–Trinajstić information content (AvgIpc) is 2.35. The summed E-state index contributed by atoms with van der Waals surface area (Å²) in [6.07, 6.45) is -0.659. The summed E-state index contributed by atoms with van der Waals surface area (Å²) in [7, 11) is 1.30. The van der Waals surface area contributed by atoms with E-state index in [-0.39, 0.29) is 6.61 Å². The Kier molecular flexibility index (Phi) is 3.05. The van der Waals surface area contributed by atoms with Gasteiger partial charge in [-0.1, -0.05) is 42.5 Å². The number of rotatable bonds is 2. The van der Waals surface area contributed by atoms with Crippen molar-refractivity contribution < 1.29 is 14.3 Å². The maximum absolute atomic E-state index is 10.9. The van der Waals surface area contributed by atoms with Crippen molar-refractivity contribution in [3.05, 3.63) is 48.0 Å². The Morgan fingerprint density at radius 3 is 2.69 bits per heavy atom. The van der Waals surface area contributed by atoms with Gasteiger partial charge in [0.15, 0.2) is 0 Å². The highest BCUT2D eigenvalue weighted by molar-refractivity contribution is 5.85. The highest BCUT2D eigenvalue weighted by atomic mass is 16.7. The lowest BCUT2D eigenvalue weighted by Gasteiger charge is -2.06. The lowest BCUT2D eigenvalue weighted by atomic mass is 10.1. The molecule has 0 heterocycles. The molecule has 0 aliphatic rings. The van der Waals surface area contributed by atoms with Gasteiger partial charge in [-0.15, -0.1) is 0 Å². The van der Waals surface area contributed by atoms with E-state index in [9.17, 15) is 4.79 Å². The number of fused-ring (bicyclic) bond motifs is 1. The van der Waals surface area contributed by atoms with E-state index in [0.29, 0.717) is 0 Å². The van der Waals surface area contributed by atoms with Crippen molar-refractivity contribution in [2.45, 2.75) is 6.61 Å². The Morgan fingerprint density at radius 1 is 1.12 bits per heavy atom. The number of ether oxygens (including phenoxy) is 2. The molecule has 0 radical (unpaired) electrons. The van der Waals surface area contributed by atoms with Crippen molar-refractivity contribution in [3.63, 3.8) is 0 Å². The normalized spacial score (nSPS) is 10.1. The van der Waals surface area contributed by atoms with Gasteiger partial charge in [0.25, 0.3) is 0 Å². The Balaban J connectivity index is 2.27. The highest BCUT2D eigenvalue weighted by Gasteiger charge is 2.04. The number of hydrogen-bond donors (Lipinski definition) is 0. The van der Waals surface area contributed by atoms with Crippen molar-refractivity contribution in [2.75, 3.05) is 7.11 Å². The third-order valence-corrected chi connectivity index (χ3v) is 2.39. The molecule has 0 saturated carbocycles. The van der Waals surface area contributed by atoms with Crippen LogP contribution in [0.2, 0.25) is 0 Å². The zero-order chi connectivity index (χ0) is 11.4.